The fourth-order valence-corrected chi connectivity index (χ4v) is 2.02. The molecule has 88 valence electrons. The van der Waals surface area contributed by atoms with Crippen LogP contribution in [0.4, 0.5) is 0 Å². The van der Waals surface area contributed by atoms with Gasteiger partial charge in [-0.2, -0.15) is 0 Å². The van der Waals surface area contributed by atoms with E-state index in [1.807, 2.05) is 20.9 Å². The Morgan fingerprint density at radius 1 is 1.56 bits per heavy atom. The number of benzene rings is 1. The van der Waals surface area contributed by atoms with Crippen LogP contribution in [-0.2, 0) is 0 Å². The minimum atomic E-state index is 0.0288. The average Bonchev–Trinajstić information content (AvgIpc) is 2.26. The van der Waals surface area contributed by atoms with Crippen molar-refractivity contribution >= 4 is 33.4 Å². The van der Waals surface area contributed by atoms with Crippen LogP contribution in [0.5, 0.6) is 0 Å². The zero-order valence-corrected chi connectivity index (χ0v) is 12.0. The molecule has 1 amide bonds. The fraction of sp³-hybridized carbons (Fsp3) is 0.417. The summed E-state index contributed by atoms with van der Waals surface area (Å²) < 4.78 is 0. The largest absolute Gasteiger partial charge is 0.338 e. The van der Waals surface area contributed by atoms with Crippen LogP contribution in [0.1, 0.15) is 22.8 Å². The first-order valence-electron chi connectivity index (χ1n) is 5.06. The van der Waals surface area contributed by atoms with E-state index in [-0.39, 0.29) is 11.9 Å². The molecule has 0 bridgehead atoms. The molecule has 0 aliphatic rings. The van der Waals surface area contributed by atoms with Gasteiger partial charge in [-0.1, -0.05) is 27.5 Å². The molecule has 0 fully saturated rings. The molecule has 1 aromatic carbocycles. The molecular weight excluding hydrogens is 289 g/mol. The van der Waals surface area contributed by atoms with Crippen molar-refractivity contribution in [1.29, 1.82) is 0 Å². The summed E-state index contributed by atoms with van der Waals surface area (Å²) in [4.78, 5) is 13.9. The molecule has 1 aromatic rings. The summed E-state index contributed by atoms with van der Waals surface area (Å²) in [5, 5.41) is 1.42. The lowest BCUT2D eigenvalue weighted by molar-refractivity contribution is 0.0757. The predicted octanol–water partition coefficient (Wildman–Crippen LogP) is 3.50. The van der Waals surface area contributed by atoms with Gasteiger partial charge in [0.25, 0.3) is 5.91 Å². The van der Waals surface area contributed by atoms with E-state index in [0.29, 0.717) is 10.6 Å². The van der Waals surface area contributed by atoms with Gasteiger partial charge in [-0.3, -0.25) is 4.79 Å². The van der Waals surface area contributed by atoms with E-state index in [1.165, 1.54) is 0 Å². The average molecular weight is 305 g/mol. The molecule has 4 heteroatoms. The van der Waals surface area contributed by atoms with E-state index in [0.717, 1.165) is 10.9 Å². The SMILES string of the molecule is Cc1cc(Cl)ccc1C(=O)N(C)C(C)CBr. The molecule has 0 aromatic heterocycles. The summed E-state index contributed by atoms with van der Waals surface area (Å²) in [7, 11) is 1.81. The van der Waals surface area contributed by atoms with Crippen molar-refractivity contribution in [3.8, 4) is 0 Å². The van der Waals surface area contributed by atoms with Crippen molar-refractivity contribution in [3.05, 3.63) is 34.3 Å². The maximum atomic E-state index is 12.1. The van der Waals surface area contributed by atoms with E-state index < -0.39 is 0 Å². The zero-order valence-electron chi connectivity index (χ0n) is 9.63. The van der Waals surface area contributed by atoms with Crippen LogP contribution in [0.2, 0.25) is 5.02 Å². The Morgan fingerprint density at radius 3 is 2.69 bits per heavy atom. The van der Waals surface area contributed by atoms with Gasteiger partial charge in [0.1, 0.15) is 0 Å². The first-order valence-corrected chi connectivity index (χ1v) is 6.56. The molecular formula is C12H15BrClNO. The molecule has 0 aliphatic heterocycles. The summed E-state index contributed by atoms with van der Waals surface area (Å²) in [6.45, 7) is 3.89. The number of hydrogen-bond acceptors (Lipinski definition) is 1. The molecule has 16 heavy (non-hydrogen) atoms. The summed E-state index contributed by atoms with van der Waals surface area (Å²) in [5.74, 6) is 0.0288. The van der Waals surface area contributed by atoms with E-state index in [1.54, 1.807) is 23.1 Å². The highest BCUT2D eigenvalue weighted by atomic mass is 79.9. The van der Waals surface area contributed by atoms with Gasteiger partial charge < -0.3 is 4.90 Å². The van der Waals surface area contributed by atoms with Crippen molar-refractivity contribution in [3.63, 3.8) is 0 Å². The first-order chi connectivity index (χ1) is 7.47. The highest BCUT2D eigenvalue weighted by molar-refractivity contribution is 9.09. The number of halogens is 2. The molecule has 0 saturated heterocycles. The summed E-state index contributed by atoms with van der Waals surface area (Å²) >= 11 is 9.23. The highest BCUT2D eigenvalue weighted by Crippen LogP contribution is 2.17. The van der Waals surface area contributed by atoms with Crippen molar-refractivity contribution in [2.75, 3.05) is 12.4 Å². The Balaban J connectivity index is 2.96. The van der Waals surface area contributed by atoms with Gasteiger partial charge >= 0.3 is 0 Å². The van der Waals surface area contributed by atoms with E-state index >= 15 is 0 Å². The Kier molecular flexibility index (Phi) is 4.81. The topological polar surface area (TPSA) is 20.3 Å². The summed E-state index contributed by atoms with van der Waals surface area (Å²) in [6.07, 6.45) is 0. The number of alkyl halides is 1. The number of aryl methyl sites for hydroxylation is 1. The maximum absolute atomic E-state index is 12.1. The smallest absolute Gasteiger partial charge is 0.254 e. The Morgan fingerprint density at radius 2 is 2.19 bits per heavy atom. The lowest BCUT2D eigenvalue weighted by atomic mass is 10.1. The Hall–Kier alpha value is -0.540. The van der Waals surface area contributed by atoms with Gasteiger partial charge in [0.2, 0.25) is 0 Å². The van der Waals surface area contributed by atoms with Crippen LogP contribution in [0.25, 0.3) is 0 Å². The van der Waals surface area contributed by atoms with E-state index in [9.17, 15) is 4.79 Å². The van der Waals surface area contributed by atoms with Crippen molar-refractivity contribution in [2.45, 2.75) is 19.9 Å². The van der Waals surface area contributed by atoms with Crippen LogP contribution < -0.4 is 0 Å². The lowest BCUT2D eigenvalue weighted by Gasteiger charge is -2.24. The van der Waals surface area contributed by atoms with Crippen molar-refractivity contribution in [2.24, 2.45) is 0 Å². The number of amides is 1. The number of hydrogen-bond donors (Lipinski definition) is 0. The van der Waals surface area contributed by atoms with Crippen LogP contribution in [0.15, 0.2) is 18.2 Å². The third kappa shape index (κ3) is 2.98. The van der Waals surface area contributed by atoms with Gasteiger partial charge in [0.05, 0.1) is 0 Å². The third-order valence-electron chi connectivity index (χ3n) is 2.62. The molecule has 1 unspecified atom stereocenters. The summed E-state index contributed by atoms with van der Waals surface area (Å²) in [6, 6.07) is 5.50. The van der Waals surface area contributed by atoms with Gasteiger partial charge in [-0.05, 0) is 37.6 Å². The summed E-state index contributed by atoms with van der Waals surface area (Å²) in [5.41, 5.74) is 1.62. The molecule has 1 rings (SSSR count). The molecule has 0 spiro atoms. The molecule has 0 radical (unpaired) electrons. The second kappa shape index (κ2) is 5.69. The van der Waals surface area contributed by atoms with Crippen molar-refractivity contribution < 1.29 is 4.79 Å². The molecule has 0 heterocycles. The van der Waals surface area contributed by atoms with Crippen LogP contribution in [0, 0.1) is 6.92 Å². The second-order valence-electron chi connectivity index (χ2n) is 3.88. The quantitative estimate of drug-likeness (QED) is 0.783. The van der Waals surface area contributed by atoms with Crippen LogP contribution in [0.3, 0.4) is 0 Å². The Labute approximate surface area is 110 Å². The Bertz CT molecular complexity index is 395. The van der Waals surface area contributed by atoms with Gasteiger partial charge in [-0.15, -0.1) is 0 Å². The normalized spacial score (nSPS) is 12.3. The monoisotopic (exact) mass is 303 g/mol. The zero-order chi connectivity index (χ0) is 12.3. The number of rotatable bonds is 3. The predicted molar refractivity (Wildman–Crippen MR) is 71.5 cm³/mol. The minimum Gasteiger partial charge on any atom is -0.338 e. The second-order valence-corrected chi connectivity index (χ2v) is 4.96. The highest BCUT2D eigenvalue weighted by Gasteiger charge is 2.18. The number of carbonyl (C=O) groups excluding carboxylic acids is 1. The minimum absolute atomic E-state index is 0.0288. The lowest BCUT2D eigenvalue weighted by Crippen LogP contribution is -2.36. The molecule has 0 aliphatic carbocycles. The van der Waals surface area contributed by atoms with E-state index in [2.05, 4.69) is 15.9 Å². The number of nitrogens with zero attached hydrogens (tertiary/aromatic N) is 1. The van der Waals surface area contributed by atoms with Crippen molar-refractivity contribution in [1.82, 2.24) is 4.90 Å². The van der Waals surface area contributed by atoms with Crippen LogP contribution >= 0.6 is 27.5 Å². The maximum Gasteiger partial charge on any atom is 0.254 e. The molecule has 1 atom stereocenters. The van der Waals surface area contributed by atoms with E-state index in [4.69, 9.17) is 11.6 Å². The van der Waals surface area contributed by atoms with Gasteiger partial charge in [0, 0.05) is 29.0 Å². The molecule has 2 nitrogen and oxygen atoms in total. The fourth-order valence-electron chi connectivity index (χ4n) is 1.36. The number of carbonyl (C=O) groups is 1. The van der Waals surface area contributed by atoms with Gasteiger partial charge in [0.15, 0.2) is 0 Å². The van der Waals surface area contributed by atoms with Crippen LogP contribution in [-0.4, -0.2) is 29.2 Å². The standard InChI is InChI=1S/C12H15BrClNO/c1-8-6-10(14)4-5-11(8)12(16)15(3)9(2)7-13/h4-6,9H,7H2,1-3H3. The third-order valence-corrected chi connectivity index (χ3v) is 3.80. The first kappa shape index (κ1) is 13.5. The molecule has 0 N–H and O–H groups in total. The molecule has 0 saturated carbocycles. The van der Waals surface area contributed by atoms with Gasteiger partial charge in [-0.25, -0.2) is 0 Å².